The van der Waals surface area contributed by atoms with Gasteiger partial charge in [-0.1, -0.05) is 17.7 Å². The van der Waals surface area contributed by atoms with Gasteiger partial charge in [0.25, 0.3) is 0 Å². The number of benzene rings is 1. The second kappa shape index (κ2) is 5.74. The lowest BCUT2D eigenvalue weighted by atomic mass is 9.98. The predicted octanol–water partition coefficient (Wildman–Crippen LogP) is 2.15. The maximum Gasteiger partial charge on any atom is 0.224 e. The summed E-state index contributed by atoms with van der Waals surface area (Å²) in [5, 5.41) is 2.85. The maximum absolute atomic E-state index is 11.9. The highest BCUT2D eigenvalue weighted by atomic mass is 32.2. The fourth-order valence-corrected chi connectivity index (χ4v) is 3.84. The second-order valence-corrected chi connectivity index (χ2v) is 7.52. The van der Waals surface area contributed by atoms with Crippen LogP contribution in [0.4, 0.5) is 5.69 Å². The monoisotopic (exact) mass is 281 g/mol. The third-order valence-corrected chi connectivity index (χ3v) is 5.20. The van der Waals surface area contributed by atoms with Crippen LogP contribution in [0.1, 0.15) is 24.8 Å². The van der Waals surface area contributed by atoms with E-state index in [2.05, 4.69) is 5.32 Å². The number of aryl methyl sites for hydroxylation is 1. The normalized spacial score (nSPS) is 19.0. The van der Waals surface area contributed by atoms with Crippen LogP contribution in [0, 0.1) is 12.8 Å². The summed E-state index contributed by atoms with van der Waals surface area (Å²) in [6, 6.07) is 7.64. The number of amides is 1. The van der Waals surface area contributed by atoms with Crippen molar-refractivity contribution in [2.24, 2.45) is 5.92 Å². The molecule has 0 aliphatic carbocycles. The first-order chi connectivity index (χ1) is 8.94. The highest BCUT2D eigenvalue weighted by molar-refractivity contribution is 7.91. The van der Waals surface area contributed by atoms with E-state index in [-0.39, 0.29) is 23.3 Å². The first-order valence-corrected chi connectivity index (χ1v) is 8.34. The molecular weight excluding hydrogens is 262 g/mol. The van der Waals surface area contributed by atoms with Crippen molar-refractivity contribution in [2.75, 3.05) is 16.8 Å². The third kappa shape index (κ3) is 4.35. The first kappa shape index (κ1) is 14.1. The molecule has 1 aromatic rings. The van der Waals surface area contributed by atoms with E-state index >= 15 is 0 Å². The molecule has 1 aromatic carbocycles. The van der Waals surface area contributed by atoms with Crippen LogP contribution in [-0.4, -0.2) is 25.8 Å². The van der Waals surface area contributed by atoms with Gasteiger partial charge in [-0.3, -0.25) is 4.79 Å². The molecule has 0 unspecified atom stereocenters. The highest BCUT2D eigenvalue weighted by Gasteiger charge is 2.25. The number of sulfone groups is 1. The Hall–Kier alpha value is -1.36. The maximum atomic E-state index is 11.9. The van der Waals surface area contributed by atoms with Crippen LogP contribution in [0.2, 0.25) is 0 Å². The summed E-state index contributed by atoms with van der Waals surface area (Å²) in [7, 11) is -2.85. The Kier molecular flexibility index (Phi) is 4.24. The fraction of sp³-hybridized carbons (Fsp3) is 0.500. The van der Waals surface area contributed by atoms with Gasteiger partial charge in [0, 0.05) is 12.1 Å². The van der Waals surface area contributed by atoms with Crippen molar-refractivity contribution in [3.8, 4) is 0 Å². The molecule has 1 heterocycles. The van der Waals surface area contributed by atoms with E-state index in [1.165, 1.54) is 0 Å². The summed E-state index contributed by atoms with van der Waals surface area (Å²) < 4.78 is 22.6. The highest BCUT2D eigenvalue weighted by Crippen LogP contribution is 2.22. The van der Waals surface area contributed by atoms with Crippen LogP contribution in [-0.2, 0) is 14.6 Å². The Morgan fingerprint density at radius 1 is 1.21 bits per heavy atom. The molecule has 19 heavy (non-hydrogen) atoms. The summed E-state index contributed by atoms with van der Waals surface area (Å²) in [6.45, 7) is 1.99. The number of anilines is 1. The van der Waals surface area contributed by atoms with Crippen molar-refractivity contribution in [3.63, 3.8) is 0 Å². The summed E-state index contributed by atoms with van der Waals surface area (Å²) in [5.41, 5.74) is 1.94. The quantitative estimate of drug-likeness (QED) is 0.923. The minimum Gasteiger partial charge on any atom is -0.326 e. The number of nitrogens with one attached hydrogen (secondary N) is 1. The zero-order valence-corrected chi connectivity index (χ0v) is 11.9. The summed E-state index contributed by atoms with van der Waals surface area (Å²) in [6.07, 6.45) is 1.61. The van der Waals surface area contributed by atoms with E-state index in [9.17, 15) is 13.2 Å². The van der Waals surface area contributed by atoms with E-state index in [0.717, 1.165) is 11.3 Å². The first-order valence-electron chi connectivity index (χ1n) is 6.51. The number of rotatable bonds is 3. The van der Waals surface area contributed by atoms with Gasteiger partial charge in [0.1, 0.15) is 9.84 Å². The molecule has 1 aliphatic heterocycles. The molecule has 1 N–H and O–H groups in total. The fourth-order valence-electron chi connectivity index (χ4n) is 2.25. The van der Waals surface area contributed by atoms with Crippen molar-refractivity contribution < 1.29 is 13.2 Å². The Labute approximate surface area is 114 Å². The summed E-state index contributed by atoms with van der Waals surface area (Å²) in [5.74, 6) is 0.590. The Morgan fingerprint density at radius 3 is 2.37 bits per heavy atom. The molecule has 4 nitrogen and oxygen atoms in total. The Morgan fingerprint density at radius 2 is 1.79 bits per heavy atom. The minimum atomic E-state index is -2.85. The van der Waals surface area contributed by atoms with Gasteiger partial charge in [-0.15, -0.1) is 0 Å². The topological polar surface area (TPSA) is 63.2 Å². The molecule has 1 fully saturated rings. The predicted molar refractivity (Wildman–Crippen MR) is 75.8 cm³/mol. The summed E-state index contributed by atoms with van der Waals surface area (Å²) >= 11 is 0. The van der Waals surface area contributed by atoms with Crippen LogP contribution in [0.15, 0.2) is 24.3 Å². The molecule has 0 saturated carbocycles. The molecule has 0 aromatic heterocycles. The van der Waals surface area contributed by atoms with E-state index in [1.807, 2.05) is 31.2 Å². The van der Waals surface area contributed by atoms with E-state index < -0.39 is 9.84 Å². The zero-order chi connectivity index (χ0) is 13.9. The van der Waals surface area contributed by atoms with Crippen molar-refractivity contribution in [2.45, 2.75) is 26.2 Å². The van der Waals surface area contributed by atoms with Gasteiger partial charge in [-0.05, 0) is 37.8 Å². The Bertz CT molecular complexity index is 535. The van der Waals surface area contributed by atoms with Gasteiger partial charge in [-0.25, -0.2) is 8.42 Å². The molecule has 0 radical (unpaired) electrons. The SMILES string of the molecule is Cc1ccc(NC(=O)CC2CCS(=O)(=O)CC2)cc1. The number of hydrogen-bond acceptors (Lipinski definition) is 3. The molecule has 1 saturated heterocycles. The molecule has 2 rings (SSSR count). The lowest BCUT2D eigenvalue weighted by molar-refractivity contribution is -0.117. The zero-order valence-electron chi connectivity index (χ0n) is 11.1. The molecule has 1 aliphatic rings. The van der Waals surface area contributed by atoms with Crippen molar-refractivity contribution >= 4 is 21.4 Å². The van der Waals surface area contributed by atoms with Crippen LogP contribution >= 0.6 is 0 Å². The second-order valence-electron chi connectivity index (χ2n) is 5.21. The van der Waals surface area contributed by atoms with Crippen molar-refractivity contribution in [1.29, 1.82) is 0 Å². The average Bonchev–Trinajstić information content (AvgIpc) is 2.35. The number of carbonyl (C=O) groups excluding carboxylic acids is 1. The number of hydrogen-bond donors (Lipinski definition) is 1. The van der Waals surface area contributed by atoms with Gasteiger partial charge < -0.3 is 5.32 Å². The van der Waals surface area contributed by atoms with Gasteiger partial charge in [0.2, 0.25) is 5.91 Å². The van der Waals surface area contributed by atoms with E-state index in [4.69, 9.17) is 0 Å². The van der Waals surface area contributed by atoms with Crippen molar-refractivity contribution in [1.82, 2.24) is 0 Å². The lowest BCUT2D eigenvalue weighted by Gasteiger charge is -2.21. The minimum absolute atomic E-state index is 0.0341. The molecule has 0 bridgehead atoms. The van der Waals surface area contributed by atoms with Crippen LogP contribution < -0.4 is 5.32 Å². The molecule has 104 valence electrons. The molecule has 5 heteroatoms. The third-order valence-electron chi connectivity index (χ3n) is 3.48. The summed E-state index contributed by atoms with van der Waals surface area (Å²) in [4.78, 5) is 11.9. The molecule has 0 spiro atoms. The average molecular weight is 281 g/mol. The van der Waals surface area contributed by atoms with Gasteiger partial charge in [-0.2, -0.15) is 0 Å². The molecule has 0 atom stereocenters. The van der Waals surface area contributed by atoms with Gasteiger partial charge in [0.15, 0.2) is 0 Å². The van der Waals surface area contributed by atoms with Crippen LogP contribution in [0.3, 0.4) is 0 Å². The molecule has 1 amide bonds. The standard InChI is InChI=1S/C14H19NO3S/c1-11-2-4-13(5-3-11)15-14(16)10-12-6-8-19(17,18)9-7-12/h2-5,12H,6-10H2,1H3,(H,15,16). The van der Waals surface area contributed by atoms with Gasteiger partial charge >= 0.3 is 0 Å². The van der Waals surface area contributed by atoms with E-state index in [1.54, 1.807) is 0 Å². The molecular formula is C14H19NO3S. The van der Waals surface area contributed by atoms with Gasteiger partial charge in [0.05, 0.1) is 11.5 Å². The lowest BCUT2D eigenvalue weighted by Crippen LogP contribution is -2.26. The van der Waals surface area contributed by atoms with E-state index in [0.29, 0.717) is 19.3 Å². The Balaban J connectivity index is 1.83. The number of carbonyl (C=O) groups is 1. The smallest absolute Gasteiger partial charge is 0.224 e. The van der Waals surface area contributed by atoms with Crippen LogP contribution in [0.25, 0.3) is 0 Å². The van der Waals surface area contributed by atoms with Crippen LogP contribution in [0.5, 0.6) is 0 Å². The van der Waals surface area contributed by atoms with Crippen molar-refractivity contribution in [3.05, 3.63) is 29.8 Å². The largest absolute Gasteiger partial charge is 0.326 e.